The number of hydrogen-bond acceptors (Lipinski definition) is 7. The third kappa shape index (κ3) is 6.69. The highest BCUT2D eigenvalue weighted by atomic mass is 32.2. The van der Waals surface area contributed by atoms with Crippen molar-refractivity contribution in [2.45, 2.75) is 24.7 Å². The van der Waals surface area contributed by atoms with Crippen molar-refractivity contribution in [1.82, 2.24) is 10.1 Å². The van der Waals surface area contributed by atoms with Gasteiger partial charge in [-0.3, -0.25) is 9.59 Å². The van der Waals surface area contributed by atoms with E-state index in [4.69, 9.17) is 9.26 Å². The van der Waals surface area contributed by atoms with E-state index in [-0.39, 0.29) is 29.7 Å². The molecule has 0 unspecified atom stereocenters. The molecule has 0 saturated carbocycles. The van der Waals surface area contributed by atoms with E-state index in [9.17, 15) is 18.0 Å². The lowest BCUT2D eigenvalue weighted by molar-refractivity contribution is -0.133. The molecule has 2 rings (SSSR count). The molecular weight excluding hydrogens is 386 g/mol. The van der Waals surface area contributed by atoms with E-state index in [0.29, 0.717) is 30.4 Å². The Kier molecular flexibility index (Phi) is 7.16. The van der Waals surface area contributed by atoms with Gasteiger partial charge in [0, 0.05) is 25.8 Å². The standard InChI is InChI=1S/C18H23N3O6S/c1-13-11-16(20-27-13)19-17(22)12-21(2)18(23)5-4-10-26-14-6-8-15(9-7-14)28(3,24)25/h6-9,11H,4-5,10,12H2,1-3H3,(H,19,20,22). The third-order valence-corrected chi connectivity index (χ3v) is 4.89. The molecule has 1 N–H and O–H groups in total. The van der Waals surface area contributed by atoms with Gasteiger partial charge < -0.3 is 19.5 Å². The van der Waals surface area contributed by atoms with Crippen molar-refractivity contribution in [3.63, 3.8) is 0 Å². The van der Waals surface area contributed by atoms with Crippen LogP contribution in [0.2, 0.25) is 0 Å². The fourth-order valence-electron chi connectivity index (χ4n) is 2.30. The van der Waals surface area contributed by atoms with Crippen LogP contribution in [-0.2, 0) is 19.4 Å². The molecule has 152 valence electrons. The summed E-state index contributed by atoms with van der Waals surface area (Å²) in [5.41, 5.74) is 0. The van der Waals surface area contributed by atoms with Gasteiger partial charge in [0.2, 0.25) is 11.8 Å². The second-order valence-corrected chi connectivity index (χ2v) is 8.33. The minimum absolute atomic E-state index is 0.0987. The Labute approximate surface area is 163 Å². The maximum absolute atomic E-state index is 12.1. The number of hydrogen-bond donors (Lipinski definition) is 1. The summed E-state index contributed by atoms with van der Waals surface area (Å²) in [7, 11) is -1.70. The maximum atomic E-state index is 12.1. The first-order valence-corrected chi connectivity index (χ1v) is 10.4. The number of amides is 2. The fraction of sp³-hybridized carbons (Fsp3) is 0.389. The average Bonchev–Trinajstić information content (AvgIpc) is 3.02. The first-order valence-electron chi connectivity index (χ1n) is 8.55. The highest BCUT2D eigenvalue weighted by Gasteiger charge is 2.14. The zero-order valence-electron chi connectivity index (χ0n) is 16.0. The van der Waals surface area contributed by atoms with Gasteiger partial charge in [0.15, 0.2) is 15.7 Å². The lowest BCUT2D eigenvalue weighted by atomic mass is 10.3. The van der Waals surface area contributed by atoms with Crippen LogP contribution in [-0.4, -0.2) is 56.7 Å². The predicted molar refractivity (Wildman–Crippen MR) is 102 cm³/mol. The van der Waals surface area contributed by atoms with Crippen LogP contribution >= 0.6 is 0 Å². The van der Waals surface area contributed by atoms with Crippen LogP contribution in [0, 0.1) is 6.92 Å². The summed E-state index contributed by atoms with van der Waals surface area (Å²) < 4.78 is 33.2. The number of carbonyl (C=O) groups is 2. The van der Waals surface area contributed by atoms with Gasteiger partial charge in [-0.25, -0.2) is 8.42 Å². The van der Waals surface area contributed by atoms with Gasteiger partial charge in [0.05, 0.1) is 18.0 Å². The van der Waals surface area contributed by atoms with Crippen LogP contribution in [0.4, 0.5) is 5.82 Å². The van der Waals surface area contributed by atoms with Gasteiger partial charge >= 0.3 is 0 Å². The van der Waals surface area contributed by atoms with E-state index >= 15 is 0 Å². The molecule has 0 fully saturated rings. The molecule has 9 nitrogen and oxygen atoms in total. The molecule has 28 heavy (non-hydrogen) atoms. The SMILES string of the molecule is Cc1cc(NC(=O)CN(C)C(=O)CCCOc2ccc(S(C)(=O)=O)cc2)no1. The highest BCUT2D eigenvalue weighted by molar-refractivity contribution is 7.90. The van der Waals surface area contributed by atoms with E-state index < -0.39 is 9.84 Å². The van der Waals surface area contributed by atoms with Gasteiger partial charge in [-0.1, -0.05) is 5.16 Å². The van der Waals surface area contributed by atoms with Gasteiger partial charge in [-0.05, 0) is 37.6 Å². The van der Waals surface area contributed by atoms with Crippen molar-refractivity contribution >= 4 is 27.5 Å². The van der Waals surface area contributed by atoms with Gasteiger partial charge in [0.25, 0.3) is 0 Å². The first kappa shape index (κ1) is 21.4. The second kappa shape index (κ2) is 9.36. The Morgan fingerprint density at radius 1 is 1.25 bits per heavy atom. The first-order chi connectivity index (χ1) is 13.1. The molecule has 2 aromatic rings. The number of sulfone groups is 1. The summed E-state index contributed by atoms with van der Waals surface area (Å²) >= 11 is 0. The summed E-state index contributed by atoms with van der Waals surface area (Å²) in [6.45, 7) is 1.90. The van der Waals surface area contributed by atoms with E-state index in [1.807, 2.05) is 0 Å². The molecule has 1 heterocycles. The van der Waals surface area contributed by atoms with Crippen molar-refractivity contribution in [3.05, 3.63) is 36.1 Å². The number of likely N-dealkylation sites (N-methyl/N-ethyl adjacent to an activating group) is 1. The monoisotopic (exact) mass is 409 g/mol. The lowest BCUT2D eigenvalue weighted by Gasteiger charge is -2.16. The van der Waals surface area contributed by atoms with E-state index in [1.165, 1.54) is 17.0 Å². The Balaban J connectivity index is 1.69. The van der Waals surface area contributed by atoms with Crippen LogP contribution in [0.3, 0.4) is 0 Å². The largest absolute Gasteiger partial charge is 0.494 e. The zero-order chi connectivity index (χ0) is 20.7. The summed E-state index contributed by atoms with van der Waals surface area (Å²) in [5.74, 6) is 0.841. The number of nitrogens with one attached hydrogen (secondary N) is 1. The topological polar surface area (TPSA) is 119 Å². The Bertz CT molecular complexity index is 921. The molecule has 1 aromatic heterocycles. The van der Waals surface area contributed by atoms with Crippen molar-refractivity contribution in [1.29, 1.82) is 0 Å². The van der Waals surface area contributed by atoms with Crippen molar-refractivity contribution in [2.24, 2.45) is 0 Å². The molecule has 0 aliphatic rings. The predicted octanol–water partition coefficient (Wildman–Crippen LogP) is 1.64. The van der Waals surface area contributed by atoms with Crippen LogP contribution in [0.15, 0.2) is 39.8 Å². The van der Waals surface area contributed by atoms with Crippen molar-refractivity contribution in [2.75, 3.05) is 31.8 Å². The quantitative estimate of drug-likeness (QED) is 0.625. The molecule has 0 aliphatic carbocycles. The van der Waals surface area contributed by atoms with Crippen LogP contribution in [0.1, 0.15) is 18.6 Å². The number of ether oxygens (including phenoxy) is 1. The smallest absolute Gasteiger partial charge is 0.245 e. The maximum Gasteiger partial charge on any atom is 0.245 e. The van der Waals surface area contributed by atoms with E-state index in [2.05, 4.69) is 10.5 Å². The Morgan fingerprint density at radius 2 is 1.93 bits per heavy atom. The number of aryl methyl sites for hydroxylation is 1. The van der Waals surface area contributed by atoms with Crippen molar-refractivity contribution in [3.8, 4) is 5.75 Å². The molecule has 0 aliphatic heterocycles. The molecule has 0 bridgehead atoms. The van der Waals surface area contributed by atoms with Crippen LogP contribution < -0.4 is 10.1 Å². The van der Waals surface area contributed by atoms with Crippen molar-refractivity contribution < 1.29 is 27.3 Å². The molecule has 0 atom stereocenters. The number of benzene rings is 1. The lowest BCUT2D eigenvalue weighted by Crippen LogP contribution is -2.35. The molecule has 1 aromatic carbocycles. The second-order valence-electron chi connectivity index (χ2n) is 6.32. The molecule has 0 radical (unpaired) electrons. The van der Waals surface area contributed by atoms with E-state index in [1.54, 1.807) is 32.2 Å². The van der Waals surface area contributed by atoms with Gasteiger partial charge in [0.1, 0.15) is 11.5 Å². The molecular formula is C18H23N3O6S. The summed E-state index contributed by atoms with van der Waals surface area (Å²) in [6, 6.07) is 7.66. The minimum atomic E-state index is -3.24. The molecule has 2 amide bonds. The Hall–Kier alpha value is -2.88. The van der Waals surface area contributed by atoms with Crippen LogP contribution in [0.25, 0.3) is 0 Å². The van der Waals surface area contributed by atoms with Gasteiger partial charge in [-0.2, -0.15) is 0 Å². The van der Waals surface area contributed by atoms with Gasteiger partial charge in [-0.15, -0.1) is 0 Å². The summed E-state index contributed by atoms with van der Waals surface area (Å²) in [6.07, 6.45) is 1.81. The third-order valence-electron chi connectivity index (χ3n) is 3.76. The zero-order valence-corrected chi connectivity index (χ0v) is 16.8. The summed E-state index contributed by atoms with van der Waals surface area (Å²) in [5, 5.41) is 6.20. The number of anilines is 1. The number of nitrogens with zero attached hydrogens (tertiary/aromatic N) is 2. The minimum Gasteiger partial charge on any atom is -0.494 e. The fourth-order valence-corrected chi connectivity index (χ4v) is 2.93. The highest BCUT2D eigenvalue weighted by Crippen LogP contribution is 2.16. The molecule has 0 spiro atoms. The normalized spacial score (nSPS) is 11.1. The van der Waals surface area contributed by atoms with Crippen LogP contribution in [0.5, 0.6) is 5.75 Å². The number of rotatable bonds is 9. The number of carbonyl (C=O) groups excluding carboxylic acids is 2. The molecule has 0 saturated heterocycles. The summed E-state index contributed by atoms with van der Waals surface area (Å²) in [4.78, 5) is 25.5. The number of aromatic nitrogens is 1. The Morgan fingerprint density at radius 3 is 2.50 bits per heavy atom. The van der Waals surface area contributed by atoms with E-state index in [0.717, 1.165) is 6.26 Å². The molecule has 10 heteroatoms. The average molecular weight is 409 g/mol.